The summed E-state index contributed by atoms with van der Waals surface area (Å²) in [6.45, 7) is 2.60. The number of aryl methyl sites for hydroxylation is 1. The minimum atomic E-state index is -0.0869. The van der Waals surface area contributed by atoms with E-state index in [2.05, 4.69) is 10.6 Å². The zero-order valence-corrected chi connectivity index (χ0v) is 13.7. The van der Waals surface area contributed by atoms with E-state index in [1.54, 1.807) is 32.4 Å². The lowest BCUT2D eigenvalue weighted by Crippen LogP contribution is -2.16. The van der Waals surface area contributed by atoms with E-state index in [1.165, 1.54) is 5.56 Å². The van der Waals surface area contributed by atoms with Gasteiger partial charge in [0.05, 0.1) is 19.9 Å². The molecule has 0 unspecified atom stereocenters. The summed E-state index contributed by atoms with van der Waals surface area (Å²) in [5.41, 5.74) is 2.81. The SMILES string of the molecule is COc1ccc(OC)c(NC(=O)CCNc2ccc(C)cc2)c1. The number of ether oxygens (including phenoxy) is 2. The second-order valence-corrected chi connectivity index (χ2v) is 5.16. The number of anilines is 2. The first-order valence-corrected chi connectivity index (χ1v) is 7.45. The number of nitrogens with one attached hydrogen (secondary N) is 2. The fraction of sp³-hybridized carbons (Fsp3) is 0.278. The van der Waals surface area contributed by atoms with Crippen LogP contribution in [-0.2, 0) is 4.79 Å². The molecule has 5 nitrogen and oxygen atoms in total. The topological polar surface area (TPSA) is 59.6 Å². The zero-order valence-electron chi connectivity index (χ0n) is 13.7. The molecule has 2 aromatic rings. The van der Waals surface area contributed by atoms with Crippen LogP contribution in [0.4, 0.5) is 11.4 Å². The van der Waals surface area contributed by atoms with Gasteiger partial charge in [0.1, 0.15) is 11.5 Å². The zero-order chi connectivity index (χ0) is 16.7. The van der Waals surface area contributed by atoms with Gasteiger partial charge in [-0.1, -0.05) is 17.7 Å². The molecule has 0 aromatic heterocycles. The summed E-state index contributed by atoms with van der Waals surface area (Å²) < 4.78 is 10.4. The van der Waals surface area contributed by atoms with E-state index < -0.39 is 0 Å². The molecule has 0 heterocycles. The largest absolute Gasteiger partial charge is 0.497 e. The summed E-state index contributed by atoms with van der Waals surface area (Å²) in [6, 6.07) is 13.3. The normalized spacial score (nSPS) is 10.0. The molecular formula is C18H22N2O3. The second-order valence-electron chi connectivity index (χ2n) is 5.16. The van der Waals surface area contributed by atoms with Gasteiger partial charge in [-0.15, -0.1) is 0 Å². The highest BCUT2D eigenvalue weighted by Gasteiger charge is 2.09. The average molecular weight is 314 g/mol. The molecule has 0 saturated heterocycles. The number of carbonyl (C=O) groups is 1. The van der Waals surface area contributed by atoms with Crippen LogP contribution in [0.15, 0.2) is 42.5 Å². The maximum absolute atomic E-state index is 12.1. The van der Waals surface area contributed by atoms with Crippen LogP contribution in [0.25, 0.3) is 0 Å². The van der Waals surface area contributed by atoms with E-state index in [0.717, 1.165) is 5.69 Å². The molecule has 23 heavy (non-hydrogen) atoms. The second kappa shape index (κ2) is 8.08. The fourth-order valence-corrected chi connectivity index (χ4v) is 2.12. The molecular weight excluding hydrogens is 292 g/mol. The minimum Gasteiger partial charge on any atom is -0.497 e. The van der Waals surface area contributed by atoms with Crippen LogP contribution >= 0.6 is 0 Å². The highest BCUT2D eigenvalue weighted by atomic mass is 16.5. The lowest BCUT2D eigenvalue weighted by Gasteiger charge is -2.12. The van der Waals surface area contributed by atoms with E-state index in [1.807, 2.05) is 31.2 Å². The van der Waals surface area contributed by atoms with Gasteiger partial charge in [0.25, 0.3) is 0 Å². The summed E-state index contributed by atoms with van der Waals surface area (Å²) in [5, 5.41) is 6.07. The first-order chi connectivity index (χ1) is 11.1. The van der Waals surface area contributed by atoms with Gasteiger partial charge < -0.3 is 20.1 Å². The molecule has 0 saturated carbocycles. The Bertz CT molecular complexity index is 654. The molecule has 0 aliphatic rings. The summed E-state index contributed by atoms with van der Waals surface area (Å²) in [4.78, 5) is 12.1. The van der Waals surface area contributed by atoms with Crippen molar-refractivity contribution in [2.24, 2.45) is 0 Å². The van der Waals surface area contributed by atoms with Gasteiger partial charge >= 0.3 is 0 Å². The van der Waals surface area contributed by atoms with Crippen molar-refractivity contribution >= 4 is 17.3 Å². The summed E-state index contributed by atoms with van der Waals surface area (Å²) in [6.07, 6.45) is 0.355. The molecule has 0 aliphatic carbocycles. The third kappa shape index (κ3) is 4.92. The number of carbonyl (C=O) groups excluding carboxylic acids is 1. The highest BCUT2D eigenvalue weighted by Crippen LogP contribution is 2.28. The maximum atomic E-state index is 12.1. The Morgan fingerprint density at radius 2 is 1.78 bits per heavy atom. The third-order valence-electron chi connectivity index (χ3n) is 3.41. The Labute approximate surface area is 136 Å². The molecule has 0 spiro atoms. The molecule has 5 heteroatoms. The van der Waals surface area contributed by atoms with E-state index in [9.17, 15) is 4.79 Å². The Morgan fingerprint density at radius 1 is 1.04 bits per heavy atom. The van der Waals surface area contributed by atoms with Crippen LogP contribution in [0.3, 0.4) is 0 Å². The van der Waals surface area contributed by atoms with Crippen molar-refractivity contribution in [2.75, 3.05) is 31.4 Å². The van der Waals surface area contributed by atoms with Crippen molar-refractivity contribution in [1.29, 1.82) is 0 Å². The van der Waals surface area contributed by atoms with Crippen molar-refractivity contribution in [2.45, 2.75) is 13.3 Å². The van der Waals surface area contributed by atoms with Crippen LogP contribution in [0.1, 0.15) is 12.0 Å². The Kier molecular flexibility index (Phi) is 5.86. The van der Waals surface area contributed by atoms with Crippen LogP contribution < -0.4 is 20.1 Å². The van der Waals surface area contributed by atoms with Gasteiger partial charge in [0.2, 0.25) is 5.91 Å². The molecule has 0 bridgehead atoms. The predicted molar refractivity (Wildman–Crippen MR) is 92.5 cm³/mol. The number of benzene rings is 2. The smallest absolute Gasteiger partial charge is 0.226 e. The average Bonchev–Trinajstić information content (AvgIpc) is 2.56. The maximum Gasteiger partial charge on any atom is 0.226 e. The van der Waals surface area contributed by atoms with Crippen LogP contribution in [-0.4, -0.2) is 26.7 Å². The monoisotopic (exact) mass is 314 g/mol. The molecule has 0 fully saturated rings. The van der Waals surface area contributed by atoms with E-state index >= 15 is 0 Å². The quantitative estimate of drug-likeness (QED) is 0.822. The van der Waals surface area contributed by atoms with Crippen molar-refractivity contribution < 1.29 is 14.3 Å². The van der Waals surface area contributed by atoms with Gasteiger partial charge in [-0.2, -0.15) is 0 Å². The van der Waals surface area contributed by atoms with E-state index in [0.29, 0.717) is 30.2 Å². The van der Waals surface area contributed by atoms with Crippen LogP contribution in [0.5, 0.6) is 11.5 Å². The first-order valence-electron chi connectivity index (χ1n) is 7.45. The Morgan fingerprint density at radius 3 is 2.43 bits per heavy atom. The van der Waals surface area contributed by atoms with Crippen molar-refractivity contribution in [3.8, 4) is 11.5 Å². The van der Waals surface area contributed by atoms with Crippen LogP contribution in [0, 0.1) is 6.92 Å². The molecule has 122 valence electrons. The van der Waals surface area contributed by atoms with Gasteiger partial charge in [-0.3, -0.25) is 4.79 Å². The van der Waals surface area contributed by atoms with Gasteiger partial charge in [0, 0.05) is 24.7 Å². The van der Waals surface area contributed by atoms with Gasteiger partial charge in [-0.25, -0.2) is 0 Å². The predicted octanol–water partition coefficient (Wildman–Crippen LogP) is 3.45. The number of amides is 1. The molecule has 0 aliphatic heterocycles. The van der Waals surface area contributed by atoms with Crippen molar-refractivity contribution in [3.63, 3.8) is 0 Å². The Hall–Kier alpha value is -2.69. The van der Waals surface area contributed by atoms with E-state index in [4.69, 9.17) is 9.47 Å². The Balaban J connectivity index is 1.88. The number of hydrogen-bond donors (Lipinski definition) is 2. The molecule has 2 rings (SSSR count). The van der Waals surface area contributed by atoms with Gasteiger partial charge in [-0.05, 0) is 31.2 Å². The van der Waals surface area contributed by atoms with Crippen molar-refractivity contribution in [3.05, 3.63) is 48.0 Å². The molecule has 0 radical (unpaired) electrons. The van der Waals surface area contributed by atoms with Crippen LogP contribution in [0.2, 0.25) is 0 Å². The third-order valence-corrected chi connectivity index (χ3v) is 3.41. The molecule has 1 amide bonds. The molecule has 2 aromatic carbocycles. The van der Waals surface area contributed by atoms with Crippen molar-refractivity contribution in [1.82, 2.24) is 0 Å². The fourth-order valence-electron chi connectivity index (χ4n) is 2.12. The first kappa shape index (κ1) is 16.7. The summed E-state index contributed by atoms with van der Waals surface area (Å²) >= 11 is 0. The number of methoxy groups -OCH3 is 2. The molecule has 2 N–H and O–H groups in total. The minimum absolute atomic E-state index is 0.0869. The summed E-state index contributed by atoms with van der Waals surface area (Å²) in [5.74, 6) is 1.18. The lowest BCUT2D eigenvalue weighted by molar-refractivity contribution is -0.115. The highest BCUT2D eigenvalue weighted by molar-refractivity contribution is 5.92. The summed E-state index contributed by atoms with van der Waals surface area (Å²) in [7, 11) is 3.15. The standard InChI is InChI=1S/C18H22N2O3/c1-13-4-6-14(7-5-13)19-11-10-18(21)20-16-12-15(22-2)8-9-17(16)23-3/h4-9,12,19H,10-11H2,1-3H3,(H,20,21). The van der Waals surface area contributed by atoms with Gasteiger partial charge in [0.15, 0.2) is 0 Å². The number of hydrogen-bond acceptors (Lipinski definition) is 4. The lowest BCUT2D eigenvalue weighted by atomic mass is 10.2. The molecule has 0 atom stereocenters. The van der Waals surface area contributed by atoms with E-state index in [-0.39, 0.29) is 5.91 Å². The number of rotatable bonds is 7.